The standard InChI is InChI=1S/C17H21N3O/c1-13-6-4-8-15(10-13)19-17(21)12-18-14-7-5-9-16(11-14)20(2)3/h4-11,18H,12H2,1-3H3,(H,19,21). The maximum absolute atomic E-state index is 11.9. The van der Waals surface area contributed by atoms with Crippen molar-refractivity contribution in [2.45, 2.75) is 6.92 Å². The summed E-state index contributed by atoms with van der Waals surface area (Å²) in [6.07, 6.45) is 0. The smallest absolute Gasteiger partial charge is 0.243 e. The highest BCUT2D eigenvalue weighted by atomic mass is 16.1. The summed E-state index contributed by atoms with van der Waals surface area (Å²) in [4.78, 5) is 14.0. The van der Waals surface area contributed by atoms with Crippen molar-refractivity contribution in [2.24, 2.45) is 0 Å². The predicted molar refractivity (Wildman–Crippen MR) is 89.1 cm³/mol. The summed E-state index contributed by atoms with van der Waals surface area (Å²) in [5, 5.41) is 6.01. The molecule has 2 aromatic rings. The maximum Gasteiger partial charge on any atom is 0.243 e. The molecule has 0 spiro atoms. The minimum absolute atomic E-state index is 0.0594. The van der Waals surface area contributed by atoms with E-state index in [4.69, 9.17) is 0 Å². The Morgan fingerprint density at radius 3 is 2.48 bits per heavy atom. The van der Waals surface area contributed by atoms with Gasteiger partial charge in [0.1, 0.15) is 0 Å². The Bertz CT molecular complexity index is 623. The first-order valence-electron chi connectivity index (χ1n) is 6.92. The summed E-state index contributed by atoms with van der Waals surface area (Å²) in [5.74, 6) is -0.0594. The minimum atomic E-state index is -0.0594. The second-order valence-electron chi connectivity index (χ2n) is 5.22. The van der Waals surface area contributed by atoms with Crippen molar-refractivity contribution in [3.63, 3.8) is 0 Å². The molecule has 0 radical (unpaired) electrons. The lowest BCUT2D eigenvalue weighted by atomic mass is 10.2. The molecule has 0 unspecified atom stereocenters. The lowest BCUT2D eigenvalue weighted by molar-refractivity contribution is -0.114. The van der Waals surface area contributed by atoms with E-state index >= 15 is 0 Å². The van der Waals surface area contributed by atoms with Gasteiger partial charge in [0.25, 0.3) is 0 Å². The quantitative estimate of drug-likeness (QED) is 0.886. The number of hydrogen-bond donors (Lipinski definition) is 2. The summed E-state index contributed by atoms with van der Waals surface area (Å²) in [7, 11) is 3.98. The summed E-state index contributed by atoms with van der Waals surface area (Å²) < 4.78 is 0. The van der Waals surface area contributed by atoms with E-state index in [2.05, 4.69) is 10.6 Å². The fraction of sp³-hybridized carbons (Fsp3) is 0.235. The molecule has 2 aromatic carbocycles. The monoisotopic (exact) mass is 283 g/mol. The molecule has 4 heteroatoms. The van der Waals surface area contributed by atoms with Crippen LogP contribution in [0.2, 0.25) is 0 Å². The van der Waals surface area contributed by atoms with Gasteiger partial charge < -0.3 is 15.5 Å². The molecule has 110 valence electrons. The van der Waals surface area contributed by atoms with Crippen LogP contribution < -0.4 is 15.5 Å². The van der Waals surface area contributed by atoms with Gasteiger partial charge in [-0.1, -0.05) is 18.2 Å². The topological polar surface area (TPSA) is 44.4 Å². The van der Waals surface area contributed by atoms with Gasteiger partial charge in [-0.05, 0) is 42.8 Å². The molecule has 0 bridgehead atoms. The Morgan fingerprint density at radius 1 is 1.05 bits per heavy atom. The van der Waals surface area contributed by atoms with Crippen LogP contribution in [0.1, 0.15) is 5.56 Å². The lowest BCUT2D eigenvalue weighted by Gasteiger charge is -2.14. The molecule has 2 rings (SSSR count). The molecule has 4 nitrogen and oxygen atoms in total. The van der Waals surface area contributed by atoms with Crippen LogP contribution in [0.15, 0.2) is 48.5 Å². The third-order valence-electron chi connectivity index (χ3n) is 3.12. The van der Waals surface area contributed by atoms with Crippen LogP contribution in [0.5, 0.6) is 0 Å². The molecule has 0 aliphatic rings. The van der Waals surface area contributed by atoms with Gasteiger partial charge in [0, 0.05) is 31.2 Å². The third kappa shape index (κ3) is 4.53. The molecular formula is C17H21N3O. The van der Waals surface area contributed by atoms with E-state index in [9.17, 15) is 4.79 Å². The summed E-state index contributed by atoms with van der Waals surface area (Å²) in [6, 6.07) is 15.7. The molecule has 0 aromatic heterocycles. The van der Waals surface area contributed by atoms with Gasteiger partial charge in [-0.15, -0.1) is 0 Å². The number of hydrogen-bond acceptors (Lipinski definition) is 3. The highest BCUT2D eigenvalue weighted by Gasteiger charge is 2.03. The van der Waals surface area contributed by atoms with Crippen LogP contribution in [0.3, 0.4) is 0 Å². The van der Waals surface area contributed by atoms with Crippen molar-refractivity contribution in [1.29, 1.82) is 0 Å². The van der Waals surface area contributed by atoms with Crippen LogP contribution in [-0.2, 0) is 4.79 Å². The van der Waals surface area contributed by atoms with E-state index in [0.717, 1.165) is 22.6 Å². The molecule has 0 aliphatic carbocycles. The first-order chi connectivity index (χ1) is 10.0. The molecular weight excluding hydrogens is 262 g/mol. The number of carbonyl (C=O) groups excluding carboxylic acids is 1. The normalized spacial score (nSPS) is 10.0. The summed E-state index contributed by atoms with van der Waals surface area (Å²) in [6.45, 7) is 2.24. The summed E-state index contributed by atoms with van der Waals surface area (Å²) in [5.41, 5.74) is 3.97. The Hall–Kier alpha value is -2.49. The molecule has 2 N–H and O–H groups in total. The van der Waals surface area contributed by atoms with E-state index in [1.165, 1.54) is 0 Å². The van der Waals surface area contributed by atoms with Crippen molar-refractivity contribution in [3.05, 3.63) is 54.1 Å². The van der Waals surface area contributed by atoms with Crippen molar-refractivity contribution in [3.8, 4) is 0 Å². The van der Waals surface area contributed by atoms with Crippen LogP contribution in [0, 0.1) is 6.92 Å². The van der Waals surface area contributed by atoms with Gasteiger partial charge in [0.2, 0.25) is 5.91 Å². The van der Waals surface area contributed by atoms with Gasteiger partial charge >= 0.3 is 0 Å². The summed E-state index contributed by atoms with van der Waals surface area (Å²) >= 11 is 0. The molecule has 0 heterocycles. The number of benzene rings is 2. The van der Waals surface area contributed by atoms with Gasteiger partial charge in [0.05, 0.1) is 6.54 Å². The average molecular weight is 283 g/mol. The van der Waals surface area contributed by atoms with Crippen LogP contribution in [0.25, 0.3) is 0 Å². The Balaban J connectivity index is 1.90. The van der Waals surface area contributed by atoms with Gasteiger partial charge in [-0.25, -0.2) is 0 Å². The molecule has 1 amide bonds. The van der Waals surface area contributed by atoms with E-state index < -0.39 is 0 Å². The molecule has 0 saturated carbocycles. The largest absolute Gasteiger partial charge is 0.378 e. The van der Waals surface area contributed by atoms with Crippen LogP contribution in [0.4, 0.5) is 17.1 Å². The zero-order valence-electron chi connectivity index (χ0n) is 12.7. The van der Waals surface area contributed by atoms with E-state index in [0.29, 0.717) is 0 Å². The number of anilines is 3. The highest BCUT2D eigenvalue weighted by Crippen LogP contribution is 2.17. The Kier molecular flexibility index (Phi) is 4.82. The number of rotatable bonds is 5. The van der Waals surface area contributed by atoms with Crippen molar-refractivity contribution in [2.75, 3.05) is 36.2 Å². The minimum Gasteiger partial charge on any atom is -0.378 e. The Morgan fingerprint density at radius 2 is 1.76 bits per heavy atom. The van der Waals surface area contributed by atoms with Gasteiger partial charge in [-0.2, -0.15) is 0 Å². The second kappa shape index (κ2) is 6.79. The van der Waals surface area contributed by atoms with E-state index in [-0.39, 0.29) is 12.5 Å². The number of aryl methyl sites for hydroxylation is 1. The van der Waals surface area contributed by atoms with Crippen molar-refractivity contribution in [1.82, 2.24) is 0 Å². The molecule has 0 fully saturated rings. The predicted octanol–water partition coefficient (Wildman–Crippen LogP) is 3.11. The third-order valence-corrected chi connectivity index (χ3v) is 3.12. The molecule has 21 heavy (non-hydrogen) atoms. The highest BCUT2D eigenvalue weighted by molar-refractivity contribution is 5.93. The van der Waals surface area contributed by atoms with Crippen LogP contribution in [-0.4, -0.2) is 26.5 Å². The number of amides is 1. The Labute approximate surface area is 125 Å². The van der Waals surface area contributed by atoms with Crippen molar-refractivity contribution >= 4 is 23.0 Å². The van der Waals surface area contributed by atoms with E-state index in [1.54, 1.807) is 0 Å². The second-order valence-corrected chi connectivity index (χ2v) is 5.22. The molecule has 0 aliphatic heterocycles. The lowest BCUT2D eigenvalue weighted by Crippen LogP contribution is -2.21. The number of nitrogens with one attached hydrogen (secondary N) is 2. The van der Waals surface area contributed by atoms with Gasteiger partial charge in [-0.3, -0.25) is 4.79 Å². The van der Waals surface area contributed by atoms with Crippen molar-refractivity contribution < 1.29 is 4.79 Å². The van der Waals surface area contributed by atoms with Gasteiger partial charge in [0.15, 0.2) is 0 Å². The maximum atomic E-state index is 11.9. The zero-order valence-corrected chi connectivity index (χ0v) is 12.7. The van der Waals surface area contributed by atoms with Crippen LogP contribution >= 0.6 is 0 Å². The van der Waals surface area contributed by atoms with E-state index in [1.807, 2.05) is 74.4 Å². The first kappa shape index (κ1) is 14.9. The molecule has 0 atom stereocenters. The average Bonchev–Trinajstić information content (AvgIpc) is 2.45. The number of nitrogens with zero attached hydrogens (tertiary/aromatic N) is 1. The number of carbonyl (C=O) groups is 1. The molecule has 0 saturated heterocycles. The first-order valence-corrected chi connectivity index (χ1v) is 6.92. The fourth-order valence-corrected chi connectivity index (χ4v) is 2.00. The zero-order chi connectivity index (χ0) is 15.2. The SMILES string of the molecule is Cc1cccc(NC(=O)CNc2cccc(N(C)C)c2)c1. The fourth-order valence-electron chi connectivity index (χ4n) is 2.00.